The lowest BCUT2D eigenvalue weighted by Gasteiger charge is -2.02. The quantitative estimate of drug-likeness (QED) is 0.796. The fourth-order valence-corrected chi connectivity index (χ4v) is 3.59. The number of aromatic nitrogens is 2. The molecular formula is C16H19N3O4S. The fraction of sp³-hybridized carbons (Fsp3) is 0.500. The van der Waals surface area contributed by atoms with Gasteiger partial charge < -0.3 is 14.9 Å². The summed E-state index contributed by atoms with van der Waals surface area (Å²) < 4.78 is 5.22. The van der Waals surface area contributed by atoms with Gasteiger partial charge in [-0.15, -0.1) is 11.3 Å². The van der Waals surface area contributed by atoms with E-state index in [1.807, 2.05) is 0 Å². The van der Waals surface area contributed by atoms with Crippen molar-refractivity contribution in [3.63, 3.8) is 0 Å². The molecule has 0 atom stereocenters. The zero-order valence-electron chi connectivity index (χ0n) is 13.2. The monoisotopic (exact) mass is 349 g/mol. The number of aryl methyl sites for hydroxylation is 1. The average molecular weight is 349 g/mol. The van der Waals surface area contributed by atoms with Crippen molar-refractivity contribution >= 4 is 23.2 Å². The highest BCUT2D eigenvalue weighted by atomic mass is 32.1. The van der Waals surface area contributed by atoms with Gasteiger partial charge in [-0.3, -0.25) is 4.79 Å². The van der Waals surface area contributed by atoms with Crippen molar-refractivity contribution in [3.8, 4) is 0 Å². The largest absolute Gasteiger partial charge is 0.477 e. The second kappa shape index (κ2) is 7.57. The van der Waals surface area contributed by atoms with E-state index in [9.17, 15) is 9.59 Å². The Bertz CT molecular complexity index is 718. The molecule has 0 aliphatic heterocycles. The second-order valence-corrected chi connectivity index (χ2v) is 7.04. The first-order valence-electron chi connectivity index (χ1n) is 8.03. The van der Waals surface area contributed by atoms with Crippen LogP contribution in [0.1, 0.15) is 64.3 Å². The number of nitrogens with one attached hydrogen (secondary N) is 1. The first kappa shape index (κ1) is 16.6. The minimum Gasteiger partial charge on any atom is -0.477 e. The van der Waals surface area contributed by atoms with Gasteiger partial charge in [-0.1, -0.05) is 18.0 Å². The number of amides is 1. The number of thiophene rings is 1. The Morgan fingerprint density at radius 2 is 2.12 bits per heavy atom. The van der Waals surface area contributed by atoms with Gasteiger partial charge >= 0.3 is 5.97 Å². The number of nitrogens with zero attached hydrogens (tertiary/aromatic N) is 2. The Hall–Kier alpha value is -2.22. The molecule has 7 nitrogen and oxygen atoms in total. The minimum absolute atomic E-state index is 0.124. The Morgan fingerprint density at radius 1 is 1.33 bits per heavy atom. The number of carboxylic acid groups (broad SMARTS) is 1. The molecule has 2 heterocycles. The lowest BCUT2D eigenvalue weighted by molar-refractivity contribution is -0.121. The van der Waals surface area contributed by atoms with Gasteiger partial charge in [0.2, 0.25) is 11.8 Å². The number of carbonyl (C=O) groups excluding carboxylic acids is 1. The van der Waals surface area contributed by atoms with E-state index >= 15 is 0 Å². The third-order valence-corrected chi connectivity index (χ3v) is 5.18. The van der Waals surface area contributed by atoms with E-state index in [2.05, 4.69) is 15.5 Å². The molecule has 128 valence electrons. The Morgan fingerprint density at radius 3 is 2.83 bits per heavy atom. The van der Waals surface area contributed by atoms with Gasteiger partial charge in [0.05, 0.1) is 6.54 Å². The predicted octanol–water partition coefficient (Wildman–Crippen LogP) is 2.74. The van der Waals surface area contributed by atoms with Crippen molar-refractivity contribution in [3.05, 3.63) is 33.6 Å². The van der Waals surface area contributed by atoms with Crippen LogP contribution in [-0.4, -0.2) is 27.1 Å². The molecule has 1 aliphatic rings. The first-order chi connectivity index (χ1) is 11.6. The average Bonchev–Trinajstić information content (AvgIpc) is 3.31. The summed E-state index contributed by atoms with van der Waals surface area (Å²) in [5, 5.41) is 15.7. The third-order valence-electron chi connectivity index (χ3n) is 4.10. The zero-order valence-corrected chi connectivity index (χ0v) is 14.0. The van der Waals surface area contributed by atoms with Crippen LogP contribution >= 0.6 is 11.3 Å². The fourth-order valence-electron chi connectivity index (χ4n) is 2.80. The van der Waals surface area contributed by atoms with Gasteiger partial charge in [-0.2, -0.15) is 4.98 Å². The summed E-state index contributed by atoms with van der Waals surface area (Å²) in [5.41, 5.74) is 0. The number of hydrogen-bond acceptors (Lipinski definition) is 6. The van der Waals surface area contributed by atoms with Crippen LogP contribution < -0.4 is 5.32 Å². The molecule has 2 aromatic rings. The molecule has 24 heavy (non-hydrogen) atoms. The number of aromatic carboxylic acids is 1. The molecule has 1 saturated carbocycles. The van der Waals surface area contributed by atoms with Crippen molar-refractivity contribution in [1.82, 2.24) is 15.5 Å². The Labute approximate surface area is 143 Å². The van der Waals surface area contributed by atoms with Gasteiger partial charge in [-0.05, 0) is 25.0 Å². The standard InChI is InChI=1S/C16H19N3O4S/c20-13(17-9-11-5-6-12(24-11)16(21)22)7-8-14-18-15(19-23-14)10-3-1-2-4-10/h5-6,10H,1-4,7-9H2,(H,17,20)(H,21,22). The van der Waals surface area contributed by atoms with Crippen LogP contribution in [0.3, 0.4) is 0 Å². The maximum atomic E-state index is 11.9. The number of hydrogen-bond donors (Lipinski definition) is 2. The van der Waals surface area contributed by atoms with Crippen LogP contribution in [0.25, 0.3) is 0 Å². The van der Waals surface area contributed by atoms with E-state index in [-0.39, 0.29) is 17.2 Å². The number of carboxylic acids is 1. The molecule has 1 amide bonds. The molecule has 2 aromatic heterocycles. The summed E-state index contributed by atoms with van der Waals surface area (Å²) >= 11 is 1.16. The third kappa shape index (κ3) is 4.19. The lowest BCUT2D eigenvalue weighted by atomic mass is 10.1. The van der Waals surface area contributed by atoms with Crippen molar-refractivity contribution in [2.45, 2.75) is 51.0 Å². The van der Waals surface area contributed by atoms with E-state index in [0.29, 0.717) is 24.8 Å². The van der Waals surface area contributed by atoms with E-state index < -0.39 is 5.97 Å². The molecular weight excluding hydrogens is 330 g/mol. The summed E-state index contributed by atoms with van der Waals surface area (Å²) in [7, 11) is 0. The van der Waals surface area contributed by atoms with Crippen molar-refractivity contribution < 1.29 is 19.2 Å². The highest BCUT2D eigenvalue weighted by Crippen LogP contribution is 2.32. The maximum absolute atomic E-state index is 11.9. The summed E-state index contributed by atoms with van der Waals surface area (Å²) in [6.07, 6.45) is 5.32. The first-order valence-corrected chi connectivity index (χ1v) is 8.84. The van der Waals surface area contributed by atoms with Crippen molar-refractivity contribution in [1.29, 1.82) is 0 Å². The van der Waals surface area contributed by atoms with Crippen LogP contribution in [-0.2, 0) is 17.8 Å². The molecule has 0 saturated heterocycles. The lowest BCUT2D eigenvalue weighted by Crippen LogP contribution is -2.22. The van der Waals surface area contributed by atoms with Crippen molar-refractivity contribution in [2.24, 2.45) is 0 Å². The van der Waals surface area contributed by atoms with Gasteiger partial charge in [0.25, 0.3) is 0 Å². The Kier molecular flexibility index (Phi) is 5.24. The van der Waals surface area contributed by atoms with E-state index in [4.69, 9.17) is 9.63 Å². The highest BCUT2D eigenvalue weighted by Gasteiger charge is 2.22. The van der Waals surface area contributed by atoms with Gasteiger partial charge in [-0.25, -0.2) is 4.79 Å². The van der Waals surface area contributed by atoms with Crippen LogP contribution in [0.15, 0.2) is 16.7 Å². The van der Waals surface area contributed by atoms with Gasteiger partial charge in [0.15, 0.2) is 5.82 Å². The summed E-state index contributed by atoms with van der Waals surface area (Å²) in [6, 6.07) is 3.25. The summed E-state index contributed by atoms with van der Waals surface area (Å²) in [4.78, 5) is 28.1. The molecule has 0 bridgehead atoms. The van der Waals surface area contributed by atoms with Crippen LogP contribution in [0, 0.1) is 0 Å². The summed E-state index contributed by atoms with van der Waals surface area (Å²) in [6.45, 7) is 0.327. The molecule has 0 radical (unpaired) electrons. The topological polar surface area (TPSA) is 105 Å². The van der Waals surface area contributed by atoms with Gasteiger partial charge in [0.1, 0.15) is 4.88 Å². The molecule has 2 N–H and O–H groups in total. The van der Waals surface area contributed by atoms with E-state index in [1.54, 1.807) is 6.07 Å². The SMILES string of the molecule is O=C(CCc1nc(C2CCCC2)no1)NCc1ccc(C(=O)O)s1. The normalized spacial score (nSPS) is 14.8. The molecule has 1 fully saturated rings. The molecule has 3 rings (SSSR count). The molecule has 0 spiro atoms. The Balaban J connectivity index is 1.42. The smallest absolute Gasteiger partial charge is 0.345 e. The van der Waals surface area contributed by atoms with Gasteiger partial charge in [0, 0.05) is 23.6 Å². The van der Waals surface area contributed by atoms with Crippen molar-refractivity contribution in [2.75, 3.05) is 0 Å². The molecule has 0 aromatic carbocycles. The molecule has 8 heteroatoms. The van der Waals surface area contributed by atoms with Crippen LogP contribution in [0.5, 0.6) is 0 Å². The number of rotatable bonds is 7. The van der Waals surface area contributed by atoms with E-state index in [0.717, 1.165) is 34.9 Å². The van der Waals surface area contributed by atoms with Crippen LogP contribution in [0.4, 0.5) is 0 Å². The zero-order chi connectivity index (χ0) is 16.9. The minimum atomic E-state index is -0.952. The second-order valence-electron chi connectivity index (χ2n) is 5.88. The number of carbonyl (C=O) groups is 2. The maximum Gasteiger partial charge on any atom is 0.345 e. The molecule has 1 aliphatic carbocycles. The predicted molar refractivity (Wildman–Crippen MR) is 87.0 cm³/mol. The highest BCUT2D eigenvalue weighted by molar-refractivity contribution is 7.13. The van der Waals surface area contributed by atoms with E-state index in [1.165, 1.54) is 18.9 Å². The summed E-state index contributed by atoms with van der Waals surface area (Å²) in [5.74, 6) is 0.588. The van der Waals surface area contributed by atoms with Crippen LogP contribution in [0.2, 0.25) is 0 Å². The molecule has 0 unspecified atom stereocenters.